The van der Waals surface area contributed by atoms with Crippen molar-refractivity contribution in [2.75, 3.05) is 13.1 Å². The van der Waals surface area contributed by atoms with Gasteiger partial charge >= 0.3 is 12.1 Å². The number of nitrogens with zero attached hydrogens (tertiary/aromatic N) is 2. The van der Waals surface area contributed by atoms with Gasteiger partial charge in [0.05, 0.1) is 29.5 Å². The van der Waals surface area contributed by atoms with E-state index < -0.39 is 24.0 Å². The second-order valence-electron chi connectivity index (χ2n) is 5.38. The lowest BCUT2D eigenvalue weighted by molar-refractivity contribution is -0.188. The van der Waals surface area contributed by atoms with E-state index in [1.165, 1.54) is 22.4 Å². The van der Waals surface area contributed by atoms with Crippen molar-refractivity contribution in [3.63, 3.8) is 0 Å². The van der Waals surface area contributed by atoms with Gasteiger partial charge in [-0.25, -0.2) is 4.98 Å². The molecule has 23 heavy (non-hydrogen) atoms. The maximum Gasteiger partial charge on any atom is 0.393 e. The fraction of sp³-hybridized carbons (Fsp3) is 0.429. The van der Waals surface area contributed by atoms with Crippen molar-refractivity contribution in [1.29, 1.82) is 0 Å². The minimum atomic E-state index is -4.53. The highest BCUT2D eigenvalue weighted by molar-refractivity contribution is 7.13. The molecule has 2 aromatic rings. The van der Waals surface area contributed by atoms with E-state index in [9.17, 15) is 18.0 Å². The first kappa shape index (κ1) is 16.0. The van der Waals surface area contributed by atoms with Crippen molar-refractivity contribution in [2.45, 2.75) is 12.7 Å². The Labute approximate surface area is 133 Å². The van der Waals surface area contributed by atoms with E-state index in [-0.39, 0.29) is 25.5 Å². The van der Waals surface area contributed by atoms with Crippen LogP contribution in [0.15, 0.2) is 28.1 Å². The summed E-state index contributed by atoms with van der Waals surface area (Å²) in [6.07, 6.45) is -3.01. The van der Waals surface area contributed by atoms with Crippen LogP contribution >= 0.6 is 11.3 Å². The largest absolute Gasteiger partial charge is 0.481 e. The molecular formula is C14H13F3N2O3S. The van der Waals surface area contributed by atoms with Gasteiger partial charge in [-0.2, -0.15) is 13.2 Å². The molecule has 0 unspecified atom stereocenters. The van der Waals surface area contributed by atoms with E-state index in [0.717, 1.165) is 4.88 Å². The number of likely N-dealkylation sites (tertiary alicyclic amines) is 1. The van der Waals surface area contributed by atoms with Gasteiger partial charge in [-0.3, -0.25) is 9.69 Å². The highest BCUT2D eigenvalue weighted by Crippen LogP contribution is 2.38. The molecule has 0 spiro atoms. The van der Waals surface area contributed by atoms with Gasteiger partial charge < -0.3 is 9.52 Å². The van der Waals surface area contributed by atoms with Crippen LogP contribution in [0.4, 0.5) is 13.2 Å². The number of hydrogen-bond acceptors (Lipinski definition) is 5. The summed E-state index contributed by atoms with van der Waals surface area (Å²) in [5.74, 6) is -3.92. The molecule has 0 aromatic carbocycles. The second kappa shape index (κ2) is 5.97. The Kier molecular flexibility index (Phi) is 4.15. The van der Waals surface area contributed by atoms with Crippen molar-refractivity contribution >= 4 is 17.3 Å². The van der Waals surface area contributed by atoms with Crippen LogP contribution in [-0.2, 0) is 11.3 Å². The maximum absolute atomic E-state index is 12.9. The Hall–Kier alpha value is -1.87. The Morgan fingerprint density at radius 2 is 2.26 bits per heavy atom. The highest BCUT2D eigenvalue weighted by Gasteiger charge is 2.52. The van der Waals surface area contributed by atoms with Gasteiger partial charge in [-0.15, -0.1) is 11.3 Å². The van der Waals surface area contributed by atoms with Gasteiger partial charge in [0, 0.05) is 13.1 Å². The minimum absolute atomic E-state index is 0.0573. The number of aliphatic carboxylic acids is 1. The highest BCUT2D eigenvalue weighted by atomic mass is 32.1. The minimum Gasteiger partial charge on any atom is -0.481 e. The summed E-state index contributed by atoms with van der Waals surface area (Å²) in [6, 6.07) is 3.71. The number of thiophene rings is 1. The quantitative estimate of drug-likeness (QED) is 0.921. The molecule has 2 aromatic heterocycles. The van der Waals surface area contributed by atoms with Crippen LogP contribution in [0, 0.1) is 11.8 Å². The number of halogens is 3. The third-order valence-electron chi connectivity index (χ3n) is 3.81. The third-order valence-corrected chi connectivity index (χ3v) is 4.69. The Morgan fingerprint density at radius 3 is 2.83 bits per heavy atom. The summed E-state index contributed by atoms with van der Waals surface area (Å²) < 4.78 is 44.4. The first-order chi connectivity index (χ1) is 10.8. The zero-order valence-corrected chi connectivity index (χ0v) is 12.6. The van der Waals surface area contributed by atoms with E-state index in [1.54, 1.807) is 0 Å². The smallest absolute Gasteiger partial charge is 0.393 e. The third kappa shape index (κ3) is 3.40. The number of hydrogen-bond donors (Lipinski definition) is 1. The van der Waals surface area contributed by atoms with Gasteiger partial charge in [0.15, 0.2) is 5.76 Å². The molecule has 0 radical (unpaired) electrons. The molecular weight excluding hydrogens is 333 g/mol. The Balaban J connectivity index is 1.70. The zero-order valence-electron chi connectivity index (χ0n) is 11.8. The summed E-state index contributed by atoms with van der Waals surface area (Å²) >= 11 is 1.47. The molecule has 1 saturated heterocycles. The Bertz CT molecular complexity index is 684. The van der Waals surface area contributed by atoms with Crippen molar-refractivity contribution in [1.82, 2.24) is 9.88 Å². The van der Waals surface area contributed by atoms with Crippen LogP contribution in [0.5, 0.6) is 0 Å². The summed E-state index contributed by atoms with van der Waals surface area (Å²) in [5, 5.41) is 10.9. The molecule has 1 fully saturated rings. The fourth-order valence-electron chi connectivity index (χ4n) is 2.70. The van der Waals surface area contributed by atoms with E-state index in [4.69, 9.17) is 9.52 Å². The number of carbonyl (C=O) groups is 1. The van der Waals surface area contributed by atoms with Crippen LogP contribution in [0.1, 0.15) is 5.89 Å². The summed E-state index contributed by atoms with van der Waals surface area (Å²) in [6.45, 7) is -0.477. The number of oxazole rings is 1. The number of carboxylic acid groups (broad SMARTS) is 1. The average molecular weight is 346 g/mol. The van der Waals surface area contributed by atoms with E-state index >= 15 is 0 Å². The molecule has 3 rings (SSSR count). The summed E-state index contributed by atoms with van der Waals surface area (Å²) in [5.41, 5.74) is 0. The van der Waals surface area contributed by atoms with Crippen molar-refractivity contribution < 1.29 is 27.5 Å². The zero-order chi connectivity index (χ0) is 16.6. The van der Waals surface area contributed by atoms with Gasteiger partial charge in [-0.05, 0) is 11.4 Å². The average Bonchev–Trinajstić information content (AvgIpc) is 3.17. The fourth-order valence-corrected chi connectivity index (χ4v) is 3.38. The van der Waals surface area contributed by atoms with Gasteiger partial charge in [0.25, 0.3) is 0 Å². The van der Waals surface area contributed by atoms with Crippen LogP contribution < -0.4 is 0 Å². The van der Waals surface area contributed by atoms with E-state index in [1.807, 2.05) is 17.5 Å². The Morgan fingerprint density at radius 1 is 1.48 bits per heavy atom. The molecule has 1 aliphatic heterocycles. The van der Waals surface area contributed by atoms with Crippen molar-refractivity contribution in [3.05, 3.63) is 29.6 Å². The van der Waals surface area contributed by atoms with Crippen LogP contribution in [0.2, 0.25) is 0 Å². The molecule has 1 aliphatic rings. The predicted octanol–water partition coefficient (Wildman–Crippen LogP) is 3.10. The van der Waals surface area contributed by atoms with E-state index in [0.29, 0.717) is 5.76 Å². The standard InChI is InChI=1S/C14H13F3N2O3S/c15-14(16,17)9-6-19(5-8(9)13(20)21)7-12-18-4-10(22-12)11-2-1-3-23-11/h1-4,8-9H,5-7H2,(H,20,21)/t8-,9-/m1/s1. The molecule has 9 heteroatoms. The topological polar surface area (TPSA) is 66.6 Å². The molecule has 0 saturated carbocycles. The predicted molar refractivity (Wildman–Crippen MR) is 75.8 cm³/mol. The SMILES string of the molecule is O=C(O)[C@@H]1CN(Cc2ncc(-c3cccs3)o2)C[C@H]1C(F)(F)F. The van der Waals surface area contributed by atoms with Gasteiger partial charge in [0.2, 0.25) is 5.89 Å². The molecule has 3 heterocycles. The first-order valence-corrected chi connectivity index (χ1v) is 7.73. The van der Waals surface area contributed by atoms with Gasteiger partial charge in [-0.1, -0.05) is 6.07 Å². The molecule has 5 nitrogen and oxygen atoms in total. The maximum atomic E-state index is 12.9. The number of carboxylic acids is 1. The summed E-state index contributed by atoms with van der Waals surface area (Å²) in [4.78, 5) is 17.4. The first-order valence-electron chi connectivity index (χ1n) is 6.85. The normalized spacial score (nSPS) is 22.6. The lowest BCUT2D eigenvalue weighted by Crippen LogP contribution is -2.33. The number of alkyl halides is 3. The summed E-state index contributed by atoms with van der Waals surface area (Å²) in [7, 11) is 0. The lowest BCUT2D eigenvalue weighted by atomic mass is 9.96. The van der Waals surface area contributed by atoms with Crippen LogP contribution in [-0.4, -0.2) is 40.2 Å². The number of rotatable bonds is 4. The lowest BCUT2D eigenvalue weighted by Gasteiger charge is -2.18. The molecule has 2 atom stereocenters. The number of aromatic nitrogens is 1. The molecule has 1 N–H and O–H groups in total. The van der Waals surface area contributed by atoms with Crippen molar-refractivity contribution in [3.8, 4) is 10.6 Å². The van der Waals surface area contributed by atoms with E-state index in [2.05, 4.69) is 4.98 Å². The second-order valence-corrected chi connectivity index (χ2v) is 6.33. The van der Waals surface area contributed by atoms with Crippen LogP contribution in [0.3, 0.4) is 0 Å². The molecule has 0 aliphatic carbocycles. The molecule has 124 valence electrons. The van der Waals surface area contributed by atoms with Crippen LogP contribution in [0.25, 0.3) is 10.6 Å². The monoisotopic (exact) mass is 346 g/mol. The van der Waals surface area contributed by atoms with Crippen molar-refractivity contribution in [2.24, 2.45) is 11.8 Å². The van der Waals surface area contributed by atoms with Gasteiger partial charge in [0.1, 0.15) is 0 Å². The molecule has 0 bridgehead atoms. The molecule has 0 amide bonds.